The van der Waals surface area contributed by atoms with Crippen molar-refractivity contribution in [3.8, 4) is 0 Å². The molecule has 0 aliphatic carbocycles. The molecule has 0 aromatic carbocycles. The minimum atomic E-state index is 0.171. The van der Waals surface area contributed by atoms with Crippen molar-refractivity contribution in [3.05, 3.63) is 30.1 Å². The van der Waals surface area contributed by atoms with Gasteiger partial charge in [0.25, 0.3) is 0 Å². The van der Waals surface area contributed by atoms with E-state index in [1.165, 1.54) is 0 Å². The van der Waals surface area contributed by atoms with E-state index in [0.717, 1.165) is 18.5 Å². The van der Waals surface area contributed by atoms with Gasteiger partial charge < -0.3 is 10.6 Å². The zero-order chi connectivity index (χ0) is 13.4. The average Bonchev–Trinajstić information content (AvgIpc) is 2.37. The van der Waals surface area contributed by atoms with Gasteiger partial charge in [-0.05, 0) is 37.4 Å². The monoisotopic (exact) mass is 249 g/mol. The normalized spacial score (nSPS) is 12.2. The second kappa shape index (κ2) is 7.82. The molecule has 0 aliphatic rings. The van der Waals surface area contributed by atoms with E-state index in [4.69, 9.17) is 5.73 Å². The molecule has 1 unspecified atom stereocenters. The number of aromatic nitrogens is 1. The maximum atomic E-state index is 11.9. The highest BCUT2D eigenvalue weighted by atomic mass is 16.2. The summed E-state index contributed by atoms with van der Waals surface area (Å²) in [5, 5.41) is 0. The third kappa shape index (κ3) is 5.27. The Morgan fingerprint density at radius 2 is 2.22 bits per heavy atom. The Bertz CT molecular complexity index is 353. The van der Waals surface area contributed by atoms with E-state index in [-0.39, 0.29) is 5.91 Å². The minimum Gasteiger partial charge on any atom is -0.340 e. The van der Waals surface area contributed by atoms with Crippen LogP contribution in [0.2, 0.25) is 0 Å². The summed E-state index contributed by atoms with van der Waals surface area (Å²) >= 11 is 0. The fraction of sp³-hybridized carbons (Fsp3) is 0.571. The molecule has 1 atom stereocenters. The van der Waals surface area contributed by atoms with Gasteiger partial charge in [0.15, 0.2) is 0 Å². The predicted octanol–water partition coefficient (Wildman–Crippen LogP) is 1.81. The Labute approximate surface area is 109 Å². The fourth-order valence-electron chi connectivity index (χ4n) is 1.81. The lowest BCUT2D eigenvalue weighted by molar-refractivity contribution is -0.130. The number of carbonyl (C=O) groups is 1. The molecule has 1 heterocycles. The van der Waals surface area contributed by atoms with Crippen molar-refractivity contribution < 1.29 is 4.79 Å². The first-order valence-corrected chi connectivity index (χ1v) is 6.47. The molecule has 0 radical (unpaired) electrons. The molecule has 4 heteroatoms. The van der Waals surface area contributed by atoms with Crippen LogP contribution in [-0.4, -0.2) is 29.4 Å². The number of hydrogen-bond donors (Lipinski definition) is 1. The van der Waals surface area contributed by atoms with Gasteiger partial charge >= 0.3 is 0 Å². The van der Waals surface area contributed by atoms with Crippen LogP contribution in [0, 0.1) is 5.92 Å². The number of rotatable bonds is 7. The Morgan fingerprint density at radius 1 is 1.44 bits per heavy atom. The molecule has 0 saturated heterocycles. The maximum Gasteiger partial charge on any atom is 0.222 e. The smallest absolute Gasteiger partial charge is 0.222 e. The standard InChI is InChI=1S/C14H23N3O/c1-12(8-9-15)6-7-14(18)17(2)11-13-5-3-4-10-16-13/h3-5,10,12H,6-9,11,15H2,1-2H3. The number of nitrogens with two attached hydrogens (primary N) is 1. The summed E-state index contributed by atoms with van der Waals surface area (Å²) in [5.74, 6) is 0.687. The topological polar surface area (TPSA) is 59.2 Å². The Hall–Kier alpha value is -1.42. The van der Waals surface area contributed by atoms with E-state index in [2.05, 4.69) is 11.9 Å². The summed E-state index contributed by atoms with van der Waals surface area (Å²) in [6.07, 6.45) is 4.22. The summed E-state index contributed by atoms with van der Waals surface area (Å²) in [7, 11) is 1.82. The average molecular weight is 249 g/mol. The van der Waals surface area contributed by atoms with Crippen molar-refractivity contribution in [2.75, 3.05) is 13.6 Å². The van der Waals surface area contributed by atoms with Crippen LogP contribution in [0.1, 0.15) is 31.9 Å². The number of hydrogen-bond acceptors (Lipinski definition) is 3. The second-order valence-corrected chi connectivity index (χ2v) is 4.79. The number of carbonyl (C=O) groups excluding carboxylic acids is 1. The van der Waals surface area contributed by atoms with Crippen molar-refractivity contribution in [1.29, 1.82) is 0 Å². The van der Waals surface area contributed by atoms with Crippen LogP contribution in [0.15, 0.2) is 24.4 Å². The van der Waals surface area contributed by atoms with E-state index >= 15 is 0 Å². The summed E-state index contributed by atoms with van der Waals surface area (Å²) in [6.45, 7) is 3.41. The van der Waals surface area contributed by atoms with E-state index < -0.39 is 0 Å². The van der Waals surface area contributed by atoms with Crippen molar-refractivity contribution >= 4 is 5.91 Å². The van der Waals surface area contributed by atoms with Gasteiger partial charge in [0.2, 0.25) is 5.91 Å². The molecular formula is C14H23N3O. The quantitative estimate of drug-likeness (QED) is 0.801. The molecule has 1 rings (SSSR count). The minimum absolute atomic E-state index is 0.171. The van der Waals surface area contributed by atoms with Gasteiger partial charge in [-0.15, -0.1) is 0 Å². The molecule has 1 amide bonds. The van der Waals surface area contributed by atoms with Gasteiger partial charge in [0.1, 0.15) is 0 Å². The molecule has 1 aromatic heterocycles. The first-order valence-electron chi connectivity index (χ1n) is 6.47. The van der Waals surface area contributed by atoms with Crippen LogP contribution in [0.5, 0.6) is 0 Å². The highest BCUT2D eigenvalue weighted by molar-refractivity contribution is 5.75. The van der Waals surface area contributed by atoms with Gasteiger partial charge in [-0.1, -0.05) is 13.0 Å². The lowest BCUT2D eigenvalue weighted by atomic mass is 10.0. The number of pyridine rings is 1. The first-order chi connectivity index (χ1) is 8.63. The summed E-state index contributed by atoms with van der Waals surface area (Å²) in [5.41, 5.74) is 6.41. The summed E-state index contributed by atoms with van der Waals surface area (Å²) in [4.78, 5) is 17.9. The number of nitrogens with zero attached hydrogens (tertiary/aromatic N) is 2. The Kier molecular flexibility index (Phi) is 6.36. The highest BCUT2D eigenvalue weighted by Gasteiger charge is 2.11. The highest BCUT2D eigenvalue weighted by Crippen LogP contribution is 2.11. The van der Waals surface area contributed by atoms with Crippen LogP contribution < -0.4 is 5.73 Å². The molecule has 0 bridgehead atoms. The SMILES string of the molecule is CC(CCN)CCC(=O)N(C)Cc1ccccn1. The van der Waals surface area contributed by atoms with Crippen molar-refractivity contribution in [1.82, 2.24) is 9.88 Å². The van der Waals surface area contributed by atoms with Crippen molar-refractivity contribution in [3.63, 3.8) is 0 Å². The lowest BCUT2D eigenvalue weighted by Crippen LogP contribution is -2.26. The van der Waals surface area contributed by atoms with Crippen LogP contribution in [0.25, 0.3) is 0 Å². The molecule has 2 N–H and O–H groups in total. The molecule has 0 fully saturated rings. The Morgan fingerprint density at radius 3 is 2.83 bits per heavy atom. The zero-order valence-electron chi connectivity index (χ0n) is 11.3. The molecule has 100 valence electrons. The van der Waals surface area contributed by atoms with E-state index in [1.807, 2.05) is 25.2 Å². The van der Waals surface area contributed by atoms with Crippen molar-refractivity contribution in [2.45, 2.75) is 32.7 Å². The largest absolute Gasteiger partial charge is 0.340 e. The van der Waals surface area contributed by atoms with Crippen LogP contribution in [-0.2, 0) is 11.3 Å². The number of amides is 1. The Balaban J connectivity index is 2.33. The van der Waals surface area contributed by atoms with Gasteiger partial charge in [-0.2, -0.15) is 0 Å². The zero-order valence-corrected chi connectivity index (χ0v) is 11.3. The van der Waals surface area contributed by atoms with Crippen molar-refractivity contribution in [2.24, 2.45) is 11.7 Å². The van der Waals surface area contributed by atoms with E-state index in [1.54, 1.807) is 11.1 Å². The predicted molar refractivity (Wildman–Crippen MR) is 72.8 cm³/mol. The maximum absolute atomic E-state index is 11.9. The van der Waals surface area contributed by atoms with E-state index in [0.29, 0.717) is 25.4 Å². The molecule has 0 spiro atoms. The lowest BCUT2D eigenvalue weighted by Gasteiger charge is -2.18. The molecular weight excluding hydrogens is 226 g/mol. The van der Waals surface area contributed by atoms with Gasteiger partial charge in [-0.3, -0.25) is 9.78 Å². The first kappa shape index (κ1) is 14.6. The van der Waals surface area contributed by atoms with Gasteiger partial charge in [0.05, 0.1) is 12.2 Å². The molecule has 1 aromatic rings. The van der Waals surface area contributed by atoms with Gasteiger partial charge in [0, 0.05) is 19.7 Å². The molecule has 18 heavy (non-hydrogen) atoms. The van der Waals surface area contributed by atoms with Crippen LogP contribution in [0.3, 0.4) is 0 Å². The second-order valence-electron chi connectivity index (χ2n) is 4.79. The molecule has 4 nitrogen and oxygen atoms in total. The third-order valence-electron chi connectivity index (χ3n) is 3.06. The van der Waals surface area contributed by atoms with E-state index in [9.17, 15) is 4.79 Å². The molecule has 0 aliphatic heterocycles. The van der Waals surface area contributed by atoms with Gasteiger partial charge in [-0.25, -0.2) is 0 Å². The summed E-state index contributed by atoms with van der Waals surface area (Å²) < 4.78 is 0. The molecule has 0 saturated carbocycles. The fourth-order valence-corrected chi connectivity index (χ4v) is 1.81. The summed E-state index contributed by atoms with van der Waals surface area (Å²) in [6, 6.07) is 5.74. The third-order valence-corrected chi connectivity index (χ3v) is 3.06. The van der Waals surface area contributed by atoms with Crippen LogP contribution in [0.4, 0.5) is 0 Å². The van der Waals surface area contributed by atoms with Crippen LogP contribution >= 0.6 is 0 Å².